The number of carbonyl (C=O) groups excluding carboxylic acids is 1. The summed E-state index contributed by atoms with van der Waals surface area (Å²) in [5.41, 5.74) is 0. The lowest BCUT2D eigenvalue weighted by Gasteiger charge is -1.97. The number of carbonyl (C=O) groups is 1. The molecule has 0 saturated carbocycles. The van der Waals surface area contributed by atoms with Crippen LogP contribution in [0.3, 0.4) is 0 Å². The van der Waals surface area contributed by atoms with E-state index < -0.39 is 5.97 Å². The molecule has 3 nitrogen and oxygen atoms in total. The van der Waals surface area contributed by atoms with E-state index in [4.69, 9.17) is 5.26 Å². The van der Waals surface area contributed by atoms with Crippen LogP contribution >= 0.6 is 0 Å². The molecule has 0 atom stereocenters. The molecule has 0 unspecified atom stereocenters. The van der Waals surface area contributed by atoms with Gasteiger partial charge in [0.2, 0.25) is 0 Å². The molecule has 0 aliphatic heterocycles. The molecule has 0 fully saturated rings. The van der Waals surface area contributed by atoms with Crippen LogP contribution in [0.5, 0.6) is 0 Å². The topological polar surface area (TPSA) is 46.5 Å². The molecule has 1 aliphatic rings. The predicted molar refractivity (Wildman–Crippen MR) is 42.0 cm³/mol. The lowest BCUT2D eigenvalue weighted by atomic mass is 10.1. The van der Waals surface area contributed by atoms with Crippen LogP contribution in [0.15, 0.2) is 12.2 Å². The molecule has 3 heteroatoms. The Kier molecular flexibility index (Phi) is 6.73. The van der Waals surface area contributed by atoms with E-state index in [9.17, 15) is 4.79 Å². The Hall–Kier alpha value is -0.830. The third-order valence-electron chi connectivity index (χ3n) is 1.29. The minimum absolute atomic E-state index is 0.690. The highest BCUT2D eigenvalue weighted by Crippen LogP contribution is 2.07. The van der Waals surface area contributed by atoms with Gasteiger partial charge in [0.15, 0.2) is 0 Å². The summed E-state index contributed by atoms with van der Waals surface area (Å²) in [6.45, 7) is 1.11. The number of hydrogen-bond donors (Lipinski definition) is 1. The Morgan fingerprint density at radius 1 is 1.36 bits per heavy atom. The molecule has 11 heavy (non-hydrogen) atoms. The van der Waals surface area contributed by atoms with Crippen molar-refractivity contribution in [2.45, 2.75) is 32.6 Å². The van der Waals surface area contributed by atoms with Crippen LogP contribution < -0.4 is 0 Å². The Bertz CT molecular complexity index is 121. The van der Waals surface area contributed by atoms with Crippen molar-refractivity contribution < 1.29 is 14.9 Å². The first-order valence-electron chi connectivity index (χ1n) is 3.74. The predicted octanol–water partition coefficient (Wildman–Crippen LogP) is 2.14. The van der Waals surface area contributed by atoms with Gasteiger partial charge >= 0.3 is 5.97 Å². The SMILES string of the molecule is C1=CCCCC1.CC(=O)OO. The molecule has 0 heterocycles. The zero-order valence-electron chi connectivity index (χ0n) is 6.75. The lowest BCUT2D eigenvalue weighted by Crippen LogP contribution is -1.89. The molecule has 1 N–H and O–H groups in total. The van der Waals surface area contributed by atoms with Crippen molar-refractivity contribution in [1.82, 2.24) is 0 Å². The Morgan fingerprint density at radius 3 is 1.82 bits per heavy atom. The van der Waals surface area contributed by atoms with E-state index >= 15 is 0 Å². The molecule has 0 saturated heterocycles. The summed E-state index contributed by atoms with van der Waals surface area (Å²) in [5, 5.41) is 7.29. The Labute approximate surface area is 66.6 Å². The average molecular weight is 158 g/mol. The second kappa shape index (κ2) is 7.28. The molecular weight excluding hydrogens is 144 g/mol. The van der Waals surface area contributed by atoms with E-state index in [2.05, 4.69) is 17.0 Å². The molecular formula is C8H14O3. The standard InChI is InChI=1S/C6H10.C2H4O3/c1-2-4-6-5-3-1;1-2(3)5-4/h1-2H,3-6H2;4H,1H3. The van der Waals surface area contributed by atoms with E-state index in [1.807, 2.05) is 0 Å². The summed E-state index contributed by atoms with van der Waals surface area (Å²) in [6.07, 6.45) is 10.0. The second-order valence-corrected chi connectivity index (χ2v) is 2.34. The van der Waals surface area contributed by atoms with Crippen LogP contribution in [0.25, 0.3) is 0 Å². The van der Waals surface area contributed by atoms with Gasteiger partial charge in [-0.25, -0.2) is 4.79 Å². The molecule has 0 aromatic rings. The normalized spacial score (nSPS) is 14.7. The molecule has 1 aliphatic carbocycles. The van der Waals surface area contributed by atoms with Crippen molar-refractivity contribution in [2.24, 2.45) is 0 Å². The van der Waals surface area contributed by atoms with Gasteiger partial charge in [-0.05, 0) is 25.7 Å². The highest BCUT2D eigenvalue weighted by molar-refractivity contribution is 5.64. The van der Waals surface area contributed by atoms with Crippen molar-refractivity contribution in [3.63, 3.8) is 0 Å². The summed E-state index contributed by atoms with van der Waals surface area (Å²) in [7, 11) is 0. The molecule has 0 aromatic carbocycles. The third-order valence-corrected chi connectivity index (χ3v) is 1.29. The van der Waals surface area contributed by atoms with Crippen LogP contribution in [0.1, 0.15) is 32.6 Å². The summed E-state index contributed by atoms with van der Waals surface area (Å²) >= 11 is 0. The number of rotatable bonds is 0. The van der Waals surface area contributed by atoms with E-state index in [1.165, 1.54) is 25.7 Å². The van der Waals surface area contributed by atoms with Gasteiger partial charge < -0.3 is 4.89 Å². The maximum Gasteiger partial charge on any atom is 0.339 e. The molecule has 0 bridgehead atoms. The van der Waals surface area contributed by atoms with Crippen LogP contribution in [0.2, 0.25) is 0 Å². The molecule has 0 spiro atoms. The molecule has 0 amide bonds. The maximum atomic E-state index is 9.34. The highest BCUT2D eigenvalue weighted by Gasteiger charge is 1.87. The van der Waals surface area contributed by atoms with Crippen LogP contribution in [0, 0.1) is 0 Å². The number of hydrogen-bond acceptors (Lipinski definition) is 3. The summed E-state index contributed by atoms with van der Waals surface area (Å²) < 4.78 is 0. The Balaban J connectivity index is 0.000000187. The van der Waals surface area contributed by atoms with Gasteiger partial charge in [-0.15, -0.1) is 0 Å². The minimum Gasteiger partial charge on any atom is -0.301 e. The van der Waals surface area contributed by atoms with Crippen molar-refractivity contribution in [3.05, 3.63) is 12.2 Å². The third kappa shape index (κ3) is 9.17. The monoisotopic (exact) mass is 158 g/mol. The van der Waals surface area contributed by atoms with E-state index in [0.29, 0.717) is 0 Å². The summed E-state index contributed by atoms with van der Waals surface area (Å²) in [4.78, 5) is 12.5. The zero-order chi connectivity index (χ0) is 8.53. The van der Waals surface area contributed by atoms with Gasteiger partial charge in [0, 0.05) is 6.92 Å². The average Bonchev–Trinajstić information content (AvgIpc) is 2.09. The fourth-order valence-corrected chi connectivity index (χ4v) is 0.760. The van der Waals surface area contributed by atoms with Gasteiger partial charge in [0.05, 0.1) is 0 Å². The van der Waals surface area contributed by atoms with E-state index in [1.54, 1.807) is 0 Å². The van der Waals surface area contributed by atoms with Crippen molar-refractivity contribution in [3.8, 4) is 0 Å². The summed E-state index contributed by atoms with van der Waals surface area (Å²) in [6, 6.07) is 0. The molecule has 64 valence electrons. The highest BCUT2D eigenvalue weighted by atomic mass is 17.1. The van der Waals surface area contributed by atoms with E-state index in [-0.39, 0.29) is 0 Å². The van der Waals surface area contributed by atoms with Crippen molar-refractivity contribution in [2.75, 3.05) is 0 Å². The van der Waals surface area contributed by atoms with Crippen LogP contribution in [0.4, 0.5) is 0 Å². The van der Waals surface area contributed by atoms with E-state index in [0.717, 1.165) is 6.92 Å². The smallest absolute Gasteiger partial charge is 0.301 e. The van der Waals surface area contributed by atoms with Gasteiger partial charge in [0.1, 0.15) is 0 Å². The quantitative estimate of drug-likeness (QED) is 0.334. The Morgan fingerprint density at radius 2 is 1.73 bits per heavy atom. The lowest BCUT2D eigenvalue weighted by molar-refractivity contribution is -0.231. The fraction of sp³-hybridized carbons (Fsp3) is 0.625. The van der Waals surface area contributed by atoms with Gasteiger partial charge in [-0.2, -0.15) is 5.26 Å². The van der Waals surface area contributed by atoms with Crippen LogP contribution in [-0.2, 0) is 9.68 Å². The zero-order valence-corrected chi connectivity index (χ0v) is 6.75. The summed E-state index contributed by atoms with van der Waals surface area (Å²) in [5.74, 6) is -0.690. The van der Waals surface area contributed by atoms with Gasteiger partial charge in [0.25, 0.3) is 0 Å². The first kappa shape index (κ1) is 10.2. The maximum absolute atomic E-state index is 9.34. The minimum atomic E-state index is -0.690. The van der Waals surface area contributed by atoms with Crippen LogP contribution in [-0.4, -0.2) is 11.2 Å². The first-order valence-corrected chi connectivity index (χ1v) is 3.74. The van der Waals surface area contributed by atoms with Crippen molar-refractivity contribution in [1.29, 1.82) is 0 Å². The first-order chi connectivity index (χ1) is 5.27. The van der Waals surface area contributed by atoms with Crippen molar-refractivity contribution >= 4 is 5.97 Å². The molecule has 0 radical (unpaired) electrons. The molecule has 1 rings (SSSR count). The van der Waals surface area contributed by atoms with Gasteiger partial charge in [-0.1, -0.05) is 12.2 Å². The fourth-order valence-electron chi connectivity index (χ4n) is 0.760. The largest absolute Gasteiger partial charge is 0.339 e. The second-order valence-electron chi connectivity index (χ2n) is 2.34. The van der Waals surface area contributed by atoms with Gasteiger partial charge in [-0.3, -0.25) is 0 Å². The molecule has 0 aromatic heterocycles. The number of allylic oxidation sites excluding steroid dienone is 2.